The fourth-order valence-electron chi connectivity index (χ4n) is 3.38. The first-order chi connectivity index (χ1) is 11.8. The number of hydrogen-bond donors (Lipinski definition) is 1. The number of carbonyl (C=O) groups excluding carboxylic acids is 1. The summed E-state index contributed by atoms with van der Waals surface area (Å²) < 4.78 is 5.46. The summed E-state index contributed by atoms with van der Waals surface area (Å²) in [6.45, 7) is 6.15. The Morgan fingerprint density at radius 3 is 2.76 bits per heavy atom. The Hall–Kier alpha value is -1.85. The number of likely N-dealkylation sites (tertiary alicyclic amines) is 1. The third-order valence-electron chi connectivity index (χ3n) is 4.50. The fraction of sp³-hybridized carbons (Fsp3) is 0.474. The number of aromatic nitrogens is 1. The van der Waals surface area contributed by atoms with Gasteiger partial charge in [-0.3, -0.25) is 4.90 Å². The van der Waals surface area contributed by atoms with E-state index >= 15 is 0 Å². The molecule has 2 aromatic rings. The standard InChI is InChI=1S/C19H24ClN3O2/c1-19(2,3)25-18(24)23-10-8-12(11-16(23)21)13-5-4-6-15-14(13)7-9-22-17(15)20/h4-7,9,12,16H,8,10-11,21H2,1-3H3. The molecule has 0 spiro atoms. The largest absolute Gasteiger partial charge is 0.444 e. The molecule has 0 radical (unpaired) electrons. The van der Waals surface area contributed by atoms with Crippen LogP contribution in [0.5, 0.6) is 0 Å². The smallest absolute Gasteiger partial charge is 0.411 e. The monoisotopic (exact) mass is 361 g/mol. The normalized spacial score (nSPS) is 21.4. The topological polar surface area (TPSA) is 68.5 Å². The number of halogens is 1. The zero-order chi connectivity index (χ0) is 18.2. The molecule has 2 heterocycles. The summed E-state index contributed by atoms with van der Waals surface area (Å²) >= 11 is 6.22. The first kappa shape index (κ1) is 18.0. The van der Waals surface area contributed by atoms with Gasteiger partial charge in [0.25, 0.3) is 0 Å². The molecule has 0 aliphatic carbocycles. The molecule has 5 nitrogen and oxygen atoms in total. The lowest BCUT2D eigenvalue weighted by Crippen LogP contribution is -2.51. The molecule has 1 saturated heterocycles. The second-order valence-electron chi connectivity index (χ2n) is 7.51. The van der Waals surface area contributed by atoms with Crippen LogP contribution in [0.15, 0.2) is 30.5 Å². The van der Waals surface area contributed by atoms with Gasteiger partial charge in [-0.25, -0.2) is 9.78 Å². The number of amides is 1. The van der Waals surface area contributed by atoms with Crippen LogP contribution in [0, 0.1) is 0 Å². The summed E-state index contributed by atoms with van der Waals surface area (Å²) in [4.78, 5) is 18.1. The first-order valence-corrected chi connectivity index (χ1v) is 8.92. The van der Waals surface area contributed by atoms with Gasteiger partial charge in [-0.2, -0.15) is 0 Å². The highest BCUT2D eigenvalue weighted by molar-refractivity contribution is 6.34. The summed E-state index contributed by atoms with van der Waals surface area (Å²) in [5, 5.41) is 2.56. The molecule has 1 aromatic carbocycles. The van der Waals surface area contributed by atoms with Gasteiger partial charge in [0, 0.05) is 18.1 Å². The van der Waals surface area contributed by atoms with E-state index in [-0.39, 0.29) is 18.2 Å². The second kappa shape index (κ2) is 6.81. The van der Waals surface area contributed by atoms with Crippen LogP contribution in [0.3, 0.4) is 0 Å². The van der Waals surface area contributed by atoms with Crippen LogP contribution in [-0.2, 0) is 4.74 Å². The number of carbonyl (C=O) groups is 1. The minimum atomic E-state index is -0.521. The highest BCUT2D eigenvalue weighted by Crippen LogP contribution is 2.36. The maximum Gasteiger partial charge on any atom is 0.411 e. The number of rotatable bonds is 1. The third kappa shape index (κ3) is 3.88. The van der Waals surface area contributed by atoms with Crippen LogP contribution in [-0.4, -0.2) is 34.3 Å². The quantitative estimate of drug-likeness (QED) is 0.769. The van der Waals surface area contributed by atoms with Crippen molar-refractivity contribution in [2.75, 3.05) is 6.54 Å². The number of fused-ring (bicyclic) bond motifs is 1. The molecule has 25 heavy (non-hydrogen) atoms. The van der Waals surface area contributed by atoms with E-state index in [0.717, 1.165) is 17.2 Å². The van der Waals surface area contributed by atoms with Crippen molar-refractivity contribution in [3.05, 3.63) is 41.2 Å². The molecule has 2 atom stereocenters. The van der Waals surface area contributed by atoms with Gasteiger partial charge >= 0.3 is 6.09 Å². The van der Waals surface area contributed by atoms with E-state index in [0.29, 0.717) is 18.1 Å². The van der Waals surface area contributed by atoms with E-state index in [4.69, 9.17) is 22.1 Å². The van der Waals surface area contributed by atoms with Gasteiger partial charge < -0.3 is 10.5 Å². The number of pyridine rings is 1. The molecule has 1 fully saturated rings. The predicted molar refractivity (Wildman–Crippen MR) is 99.6 cm³/mol. The molecule has 1 aliphatic heterocycles. The maximum atomic E-state index is 12.3. The maximum absolute atomic E-state index is 12.3. The molecular formula is C19H24ClN3O2. The summed E-state index contributed by atoms with van der Waals surface area (Å²) in [6.07, 6.45) is 2.55. The Morgan fingerprint density at radius 1 is 1.32 bits per heavy atom. The molecule has 0 saturated carbocycles. The molecule has 134 valence electrons. The number of benzene rings is 1. The van der Waals surface area contributed by atoms with Gasteiger partial charge in [-0.1, -0.05) is 29.8 Å². The van der Waals surface area contributed by atoms with Gasteiger partial charge in [-0.15, -0.1) is 0 Å². The van der Waals surface area contributed by atoms with Crippen molar-refractivity contribution in [1.29, 1.82) is 0 Å². The molecule has 2 N–H and O–H groups in total. The Bertz CT molecular complexity index is 788. The van der Waals surface area contributed by atoms with Gasteiger partial charge in [0.2, 0.25) is 0 Å². The predicted octanol–water partition coefficient (Wildman–Crippen LogP) is 4.29. The third-order valence-corrected chi connectivity index (χ3v) is 4.81. The average Bonchev–Trinajstić information content (AvgIpc) is 2.53. The van der Waals surface area contributed by atoms with Crippen LogP contribution in [0.2, 0.25) is 5.15 Å². The molecule has 1 aliphatic rings. The van der Waals surface area contributed by atoms with E-state index < -0.39 is 5.60 Å². The summed E-state index contributed by atoms with van der Waals surface area (Å²) in [5.41, 5.74) is 6.98. The van der Waals surface area contributed by atoms with Crippen molar-refractivity contribution in [2.45, 2.75) is 51.3 Å². The molecule has 1 amide bonds. The fourth-order valence-corrected chi connectivity index (χ4v) is 3.60. The zero-order valence-electron chi connectivity index (χ0n) is 14.8. The van der Waals surface area contributed by atoms with E-state index in [9.17, 15) is 4.79 Å². The summed E-state index contributed by atoms with van der Waals surface area (Å²) in [7, 11) is 0. The highest BCUT2D eigenvalue weighted by atomic mass is 35.5. The van der Waals surface area contributed by atoms with Crippen molar-refractivity contribution in [1.82, 2.24) is 9.88 Å². The first-order valence-electron chi connectivity index (χ1n) is 8.54. The Morgan fingerprint density at radius 2 is 2.08 bits per heavy atom. The van der Waals surface area contributed by atoms with Gasteiger partial charge in [0.1, 0.15) is 10.8 Å². The molecule has 3 rings (SSSR count). The van der Waals surface area contributed by atoms with Crippen LogP contribution in [0.1, 0.15) is 45.1 Å². The highest BCUT2D eigenvalue weighted by Gasteiger charge is 2.33. The van der Waals surface area contributed by atoms with Gasteiger partial charge in [0.05, 0.1) is 6.17 Å². The molecular weight excluding hydrogens is 338 g/mol. The van der Waals surface area contributed by atoms with Crippen molar-refractivity contribution in [3.63, 3.8) is 0 Å². The van der Waals surface area contributed by atoms with E-state index in [1.807, 2.05) is 39.0 Å². The minimum Gasteiger partial charge on any atom is -0.444 e. The Labute approximate surface area is 153 Å². The van der Waals surface area contributed by atoms with Gasteiger partial charge in [0.15, 0.2) is 0 Å². The average molecular weight is 362 g/mol. The lowest BCUT2D eigenvalue weighted by Gasteiger charge is -2.38. The lowest BCUT2D eigenvalue weighted by atomic mass is 9.85. The van der Waals surface area contributed by atoms with Crippen LogP contribution >= 0.6 is 11.6 Å². The molecule has 6 heteroatoms. The van der Waals surface area contributed by atoms with Crippen molar-refractivity contribution >= 4 is 28.5 Å². The van der Waals surface area contributed by atoms with Gasteiger partial charge in [-0.05, 0) is 56.5 Å². The zero-order valence-corrected chi connectivity index (χ0v) is 15.6. The SMILES string of the molecule is CC(C)(C)OC(=O)N1CCC(c2cccc3c(Cl)nccc23)CC1N. The van der Waals surface area contributed by atoms with E-state index in [1.54, 1.807) is 11.1 Å². The van der Waals surface area contributed by atoms with E-state index in [2.05, 4.69) is 11.1 Å². The van der Waals surface area contributed by atoms with Crippen LogP contribution in [0.25, 0.3) is 10.8 Å². The van der Waals surface area contributed by atoms with Crippen LogP contribution in [0.4, 0.5) is 4.79 Å². The summed E-state index contributed by atoms with van der Waals surface area (Å²) in [6, 6.07) is 8.07. The van der Waals surface area contributed by atoms with Crippen molar-refractivity contribution < 1.29 is 9.53 Å². The number of hydrogen-bond acceptors (Lipinski definition) is 4. The van der Waals surface area contributed by atoms with Crippen molar-refractivity contribution in [2.24, 2.45) is 5.73 Å². The summed E-state index contributed by atoms with van der Waals surface area (Å²) in [5.74, 6) is 0.274. The number of nitrogens with zero attached hydrogens (tertiary/aromatic N) is 2. The lowest BCUT2D eigenvalue weighted by molar-refractivity contribution is 0.00893. The van der Waals surface area contributed by atoms with E-state index in [1.165, 1.54) is 5.56 Å². The van der Waals surface area contributed by atoms with Crippen LogP contribution < -0.4 is 5.73 Å². The number of nitrogens with two attached hydrogens (primary N) is 1. The molecule has 0 bridgehead atoms. The Balaban J connectivity index is 1.80. The minimum absolute atomic E-state index is 0.274. The van der Waals surface area contributed by atoms with Crippen molar-refractivity contribution in [3.8, 4) is 0 Å². The molecule has 2 unspecified atom stereocenters. The second-order valence-corrected chi connectivity index (χ2v) is 7.86. The Kier molecular flexibility index (Phi) is 4.89. The molecule has 1 aromatic heterocycles. The number of piperidine rings is 1. The number of ether oxygens (including phenoxy) is 1.